The number of likely N-dealkylation sites (tertiary alicyclic amines) is 1. The van der Waals surface area contributed by atoms with Crippen LogP contribution < -0.4 is 5.32 Å². The van der Waals surface area contributed by atoms with Crippen LogP contribution in [0.2, 0.25) is 0 Å². The number of carbonyl (C=O) groups is 1. The van der Waals surface area contributed by atoms with Crippen molar-refractivity contribution in [2.24, 2.45) is 0 Å². The van der Waals surface area contributed by atoms with Crippen molar-refractivity contribution in [1.82, 2.24) is 25.3 Å². The third-order valence-electron chi connectivity index (χ3n) is 5.25. The Labute approximate surface area is 148 Å². The molecule has 2 heterocycles. The second-order valence-corrected chi connectivity index (χ2v) is 7.27. The molecule has 1 amide bonds. The predicted octanol–water partition coefficient (Wildman–Crippen LogP) is 0.837. The molecule has 2 fully saturated rings. The van der Waals surface area contributed by atoms with Gasteiger partial charge >= 0.3 is 0 Å². The SMILES string of the molecule is Cc1nc(CN(C)[C@H]2CCN(CC(=O)NC3(C#N)CCCC3)C2)no1. The largest absolute Gasteiger partial charge is 0.340 e. The molecule has 3 rings (SSSR count). The highest BCUT2D eigenvalue weighted by molar-refractivity contribution is 5.79. The molecular formula is C17H26N6O2. The van der Waals surface area contributed by atoms with Gasteiger partial charge in [-0.3, -0.25) is 14.6 Å². The molecular weight excluding hydrogens is 320 g/mol. The zero-order valence-electron chi connectivity index (χ0n) is 15.0. The van der Waals surface area contributed by atoms with Gasteiger partial charge in [0.2, 0.25) is 11.8 Å². The lowest BCUT2D eigenvalue weighted by Crippen LogP contribution is -2.49. The van der Waals surface area contributed by atoms with E-state index in [1.54, 1.807) is 6.92 Å². The number of nitriles is 1. The minimum absolute atomic E-state index is 0.0412. The number of carbonyl (C=O) groups excluding carboxylic acids is 1. The zero-order chi connectivity index (χ0) is 17.9. The zero-order valence-corrected chi connectivity index (χ0v) is 15.0. The van der Waals surface area contributed by atoms with E-state index in [1.807, 2.05) is 7.05 Å². The van der Waals surface area contributed by atoms with E-state index in [0.29, 0.717) is 30.8 Å². The molecule has 1 saturated heterocycles. The van der Waals surface area contributed by atoms with Gasteiger partial charge in [0.1, 0.15) is 5.54 Å². The summed E-state index contributed by atoms with van der Waals surface area (Å²) in [7, 11) is 2.04. The fourth-order valence-corrected chi connectivity index (χ4v) is 3.83. The van der Waals surface area contributed by atoms with Crippen LogP contribution >= 0.6 is 0 Å². The molecule has 25 heavy (non-hydrogen) atoms. The molecule has 0 radical (unpaired) electrons. The average molecular weight is 346 g/mol. The van der Waals surface area contributed by atoms with Crippen LogP contribution in [-0.4, -0.2) is 64.1 Å². The summed E-state index contributed by atoms with van der Waals surface area (Å²) in [6, 6.07) is 2.67. The van der Waals surface area contributed by atoms with Gasteiger partial charge in [0.15, 0.2) is 5.82 Å². The standard InChI is InChI=1S/C17H26N6O2/c1-13-19-15(21-25-13)10-22(2)14-5-8-23(9-14)11-16(24)20-17(12-18)6-3-4-7-17/h14H,3-11H2,1-2H3,(H,20,24)/t14-/m0/s1. The normalized spacial score (nSPS) is 23.0. The number of rotatable bonds is 6. The Hall–Kier alpha value is -1.98. The first-order chi connectivity index (χ1) is 12.0. The Bertz CT molecular complexity index is 646. The van der Waals surface area contributed by atoms with Crippen LogP contribution in [0.4, 0.5) is 0 Å². The van der Waals surface area contributed by atoms with Crippen molar-refractivity contribution < 1.29 is 9.32 Å². The third kappa shape index (κ3) is 4.35. The van der Waals surface area contributed by atoms with Crippen molar-refractivity contribution in [3.63, 3.8) is 0 Å². The van der Waals surface area contributed by atoms with Crippen LogP contribution in [0.5, 0.6) is 0 Å². The van der Waals surface area contributed by atoms with Crippen LogP contribution in [0, 0.1) is 18.3 Å². The molecule has 8 nitrogen and oxygen atoms in total. The maximum Gasteiger partial charge on any atom is 0.235 e. The highest BCUT2D eigenvalue weighted by Gasteiger charge is 2.36. The van der Waals surface area contributed by atoms with Crippen LogP contribution in [-0.2, 0) is 11.3 Å². The fraction of sp³-hybridized carbons (Fsp3) is 0.765. The first-order valence-electron chi connectivity index (χ1n) is 8.94. The number of amides is 1. The molecule has 1 aliphatic heterocycles. The fourth-order valence-electron chi connectivity index (χ4n) is 3.83. The maximum atomic E-state index is 12.3. The van der Waals surface area contributed by atoms with E-state index >= 15 is 0 Å². The van der Waals surface area contributed by atoms with E-state index in [2.05, 4.69) is 31.3 Å². The van der Waals surface area contributed by atoms with Crippen molar-refractivity contribution in [2.45, 2.75) is 57.2 Å². The Balaban J connectivity index is 1.46. The summed E-state index contributed by atoms with van der Waals surface area (Å²) in [6.07, 6.45) is 4.57. The van der Waals surface area contributed by atoms with Gasteiger partial charge in [-0.1, -0.05) is 5.16 Å². The number of hydrogen-bond acceptors (Lipinski definition) is 7. The van der Waals surface area contributed by atoms with E-state index in [-0.39, 0.29) is 5.91 Å². The summed E-state index contributed by atoms with van der Waals surface area (Å²) >= 11 is 0. The summed E-state index contributed by atoms with van der Waals surface area (Å²) in [6.45, 7) is 4.49. The lowest BCUT2D eigenvalue weighted by molar-refractivity contribution is -0.123. The van der Waals surface area contributed by atoms with Crippen molar-refractivity contribution >= 4 is 5.91 Å². The first-order valence-corrected chi connectivity index (χ1v) is 8.94. The number of nitrogens with one attached hydrogen (secondary N) is 1. The molecule has 1 atom stereocenters. The summed E-state index contributed by atoms with van der Waals surface area (Å²) in [5, 5.41) is 16.3. The Morgan fingerprint density at radius 1 is 1.52 bits per heavy atom. The van der Waals surface area contributed by atoms with E-state index in [0.717, 1.165) is 45.2 Å². The summed E-state index contributed by atoms with van der Waals surface area (Å²) < 4.78 is 5.01. The minimum Gasteiger partial charge on any atom is -0.340 e. The number of hydrogen-bond donors (Lipinski definition) is 1. The molecule has 0 unspecified atom stereocenters. The number of likely N-dealkylation sites (N-methyl/N-ethyl adjacent to an activating group) is 1. The summed E-state index contributed by atoms with van der Waals surface area (Å²) in [4.78, 5) is 20.9. The van der Waals surface area contributed by atoms with E-state index in [4.69, 9.17) is 4.52 Å². The number of aromatic nitrogens is 2. The lowest BCUT2D eigenvalue weighted by Gasteiger charge is -2.25. The highest BCUT2D eigenvalue weighted by Crippen LogP contribution is 2.28. The van der Waals surface area contributed by atoms with Gasteiger partial charge in [-0.2, -0.15) is 10.2 Å². The van der Waals surface area contributed by atoms with Gasteiger partial charge in [-0.15, -0.1) is 0 Å². The van der Waals surface area contributed by atoms with Crippen LogP contribution in [0.25, 0.3) is 0 Å². The molecule has 136 valence electrons. The minimum atomic E-state index is -0.635. The monoisotopic (exact) mass is 346 g/mol. The first kappa shape index (κ1) is 17.8. The maximum absolute atomic E-state index is 12.3. The smallest absolute Gasteiger partial charge is 0.235 e. The molecule has 2 aliphatic rings. The number of nitrogens with zero attached hydrogens (tertiary/aromatic N) is 5. The third-order valence-corrected chi connectivity index (χ3v) is 5.25. The van der Waals surface area contributed by atoms with E-state index in [9.17, 15) is 10.1 Å². The molecule has 0 bridgehead atoms. The van der Waals surface area contributed by atoms with Crippen LogP contribution in [0.15, 0.2) is 4.52 Å². The molecule has 0 spiro atoms. The number of aryl methyl sites for hydroxylation is 1. The second-order valence-electron chi connectivity index (χ2n) is 7.27. The molecule has 1 saturated carbocycles. The molecule has 8 heteroatoms. The molecule has 1 aromatic rings. The van der Waals surface area contributed by atoms with Gasteiger partial charge in [0.05, 0.1) is 19.2 Å². The van der Waals surface area contributed by atoms with Crippen molar-refractivity contribution in [3.8, 4) is 6.07 Å². The van der Waals surface area contributed by atoms with Gasteiger partial charge in [-0.25, -0.2) is 0 Å². The van der Waals surface area contributed by atoms with Gasteiger partial charge in [0, 0.05) is 26.1 Å². The van der Waals surface area contributed by atoms with Gasteiger partial charge in [-0.05, 0) is 39.2 Å². The van der Waals surface area contributed by atoms with E-state index in [1.165, 1.54) is 0 Å². The second kappa shape index (κ2) is 7.50. The van der Waals surface area contributed by atoms with Crippen molar-refractivity contribution in [1.29, 1.82) is 5.26 Å². The molecule has 1 aliphatic carbocycles. The molecule has 1 N–H and O–H groups in total. The summed E-state index contributed by atoms with van der Waals surface area (Å²) in [5.74, 6) is 1.22. The average Bonchev–Trinajstić information content (AvgIpc) is 3.30. The lowest BCUT2D eigenvalue weighted by atomic mass is 10.00. The Morgan fingerprint density at radius 2 is 2.28 bits per heavy atom. The topological polar surface area (TPSA) is 98.3 Å². The molecule has 0 aromatic carbocycles. The Kier molecular flexibility index (Phi) is 5.35. The Morgan fingerprint density at radius 3 is 2.92 bits per heavy atom. The predicted molar refractivity (Wildman–Crippen MR) is 90.3 cm³/mol. The van der Waals surface area contributed by atoms with E-state index < -0.39 is 5.54 Å². The molecule has 1 aromatic heterocycles. The van der Waals surface area contributed by atoms with Crippen molar-refractivity contribution in [3.05, 3.63) is 11.7 Å². The van der Waals surface area contributed by atoms with Crippen molar-refractivity contribution in [2.75, 3.05) is 26.7 Å². The van der Waals surface area contributed by atoms with Gasteiger partial charge in [0.25, 0.3) is 0 Å². The summed E-state index contributed by atoms with van der Waals surface area (Å²) in [5.41, 5.74) is -0.635. The van der Waals surface area contributed by atoms with Gasteiger partial charge < -0.3 is 9.84 Å². The van der Waals surface area contributed by atoms with Crippen LogP contribution in [0.3, 0.4) is 0 Å². The quantitative estimate of drug-likeness (QED) is 0.815. The highest BCUT2D eigenvalue weighted by atomic mass is 16.5. The van der Waals surface area contributed by atoms with Crippen LogP contribution in [0.1, 0.15) is 43.8 Å².